The molecule has 0 fully saturated rings. The summed E-state index contributed by atoms with van der Waals surface area (Å²) in [6.45, 7) is 4.79. The van der Waals surface area contributed by atoms with Crippen LogP contribution in [0.3, 0.4) is 0 Å². The van der Waals surface area contributed by atoms with E-state index in [1.807, 2.05) is 56.3 Å². The van der Waals surface area contributed by atoms with Gasteiger partial charge in [-0.1, -0.05) is 35.5 Å². The van der Waals surface area contributed by atoms with E-state index < -0.39 is 6.09 Å². The molecule has 148 valence electrons. The predicted octanol–water partition coefficient (Wildman–Crippen LogP) is 4.95. The highest BCUT2D eigenvalue weighted by molar-refractivity contribution is 9.10. The zero-order valence-electron chi connectivity index (χ0n) is 15.9. The highest BCUT2D eigenvalue weighted by Crippen LogP contribution is 2.37. The number of aliphatic imine (C=N–C) groups is 1. The number of carbonyl (C=O) groups is 1. The average molecular weight is 455 g/mol. The molecule has 3 aromatic rings. The van der Waals surface area contributed by atoms with Crippen LogP contribution in [0.1, 0.15) is 25.0 Å². The fourth-order valence-electron chi connectivity index (χ4n) is 3.37. The molecule has 0 atom stereocenters. The van der Waals surface area contributed by atoms with Crippen molar-refractivity contribution in [3.05, 3.63) is 58.1 Å². The average Bonchev–Trinajstić information content (AvgIpc) is 3.24. The van der Waals surface area contributed by atoms with Crippen LogP contribution < -0.4 is 0 Å². The number of hydrogen-bond acceptors (Lipinski definition) is 5. The van der Waals surface area contributed by atoms with E-state index in [9.17, 15) is 9.90 Å². The van der Waals surface area contributed by atoms with E-state index in [4.69, 9.17) is 4.84 Å². The van der Waals surface area contributed by atoms with Gasteiger partial charge in [0, 0.05) is 28.5 Å². The van der Waals surface area contributed by atoms with Gasteiger partial charge in [-0.2, -0.15) is 0 Å². The topological polar surface area (TPSA) is 90.3 Å². The third-order valence-electron chi connectivity index (χ3n) is 4.85. The Morgan fingerprint density at radius 1 is 1.21 bits per heavy atom. The molecule has 0 radical (unpaired) electrons. The maximum absolute atomic E-state index is 12.3. The number of nitrogens with one attached hydrogen (secondary N) is 1. The van der Waals surface area contributed by atoms with Gasteiger partial charge in [-0.05, 0) is 41.9 Å². The number of aromatic hydroxyl groups is 1. The van der Waals surface area contributed by atoms with Gasteiger partial charge in [-0.25, -0.2) is 9.79 Å². The van der Waals surface area contributed by atoms with Gasteiger partial charge in [0.25, 0.3) is 0 Å². The lowest BCUT2D eigenvalue weighted by atomic mass is 10.0. The Bertz CT molecular complexity index is 1160. The Balaban J connectivity index is 1.83. The minimum atomic E-state index is -0.530. The zero-order chi connectivity index (χ0) is 20.5. The number of oxime groups is 1. The highest BCUT2D eigenvalue weighted by Gasteiger charge is 2.30. The van der Waals surface area contributed by atoms with Crippen molar-refractivity contribution in [2.24, 2.45) is 10.1 Å². The van der Waals surface area contributed by atoms with Crippen LogP contribution in [0.4, 0.5) is 10.5 Å². The van der Waals surface area contributed by atoms with Crippen molar-refractivity contribution in [1.29, 1.82) is 0 Å². The number of aromatic nitrogens is 1. The minimum absolute atomic E-state index is 0.0266. The summed E-state index contributed by atoms with van der Waals surface area (Å²) in [6.07, 6.45) is -0.530. The summed E-state index contributed by atoms with van der Waals surface area (Å²) in [4.78, 5) is 26.7. The fourth-order valence-corrected chi connectivity index (χ4v) is 3.84. The van der Waals surface area contributed by atoms with Crippen LogP contribution in [0, 0.1) is 0 Å². The number of para-hydroxylation sites is 2. The molecule has 1 aliphatic rings. The first-order chi connectivity index (χ1) is 14.0. The molecule has 29 heavy (non-hydrogen) atoms. The summed E-state index contributed by atoms with van der Waals surface area (Å²) < 4.78 is 0.819. The summed E-state index contributed by atoms with van der Waals surface area (Å²) in [5.41, 5.74) is 3.54. The third kappa shape index (κ3) is 3.29. The number of halogens is 1. The second-order valence-corrected chi connectivity index (χ2v) is 7.31. The third-order valence-corrected chi connectivity index (χ3v) is 5.51. The number of aromatic amines is 1. The molecule has 0 saturated heterocycles. The largest absolute Gasteiger partial charge is 0.494 e. The van der Waals surface area contributed by atoms with Crippen LogP contribution in [0.25, 0.3) is 10.9 Å². The quantitative estimate of drug-likeness (QED) is 0.431. The lowest BCUT2D eigenvalue weighted by Crippen LogP contribution is -2.30. The fraction of sp³-hybridized carbons (Fsp3) is 0.190. The normalized spacial score (nSPS) is 14.2. The lowest BCUT2D eigenvalue weighted by molar-refractivity contribution is 0.110. The molecule has 8 heteroatoms. The molecule has 2 aromatic carbocycles. The second-order valence-electron chi connectivity index (χ2n) is 6.46. The molecule has 1 aliphatic heterocycles. The maximum Gasteiger partial charge on any atom is 0.435 e. The number of benzene rings is 2. The molecule has 2 N–H and O–H groups in total. The number of carbonyl (C=O) groups excluding carboxylic acids is 1. The molecule has 1 aromatic heterocycles. The smallest absolute Gasteiger partial charge is 0.435 e. The molecule has 1 amide bonds. The number of H-pyrrole nitrogens is 1. The first-order valence-electron chi connectivity index (χ1n) is 9.27. The van der Waals surface area contributed by atoms with Crippen molar-refractivity contribution < 1.29 is 14.7 Å². The Morgan fingerprint density at radius 2 is 1.97 bits per heavy atom. The van der Waals surface area contributed by atoms with E-state index in [0.29, 0.717) is 35.8 Å². The Hall–Kier alpha value is -3.13. The molecular weight excluding hydrogens is 436 g/mol. The van der Waals surface area contributed by atoms with Crippen LogP contribution in [0.15, 0.2) is 57.1 Å². The molecule has 0 bridgehead atoms. The second kappa shape index (κ2) is 7.71. The maximum atomic E-state index is 12.3. The van der Waals surface area contributed by atoms with Crippen LogP contribution >= 0.6 is 15.9 Å². The van der Waals surface area contributed by atoms with Gasteiger partial charge in [0.2, 0.25) is 0 Å². The Kier molecular flexibility index (Phi) is 5.10. The summed E-state index contributed by atoms with van der Waals surface area (Å²) in [7, 11) is 0. The van der Waals surface area contributed by atoms with Crippen LogP contribution in [-0.2, 0) is 4.84 Å². The summed E-state index contributed by atoms with van der Waals surface area (Å²) >= 11 is 3.49. The minimum Gasteiger partial charge on any atom is -0.494 e. The first-order valence-corrected chi connectivity index (χ1v) is 10.1. The van der Waals surface area contributed by atoms with Gasteiger partial charge in [0.05, 0.1) is 16.8 Å². The van der Waals surface area contributed by atoms with Gasteiger partial charge in [-0.3, -0.25) is 4.84 Å². The molecule has 0 spiro atoms. The van der Waals surface area contributed by atoms with Gasteiger partial charge in [-0.15, -0.1) is 0 Å². The van der Waals surface area contributed by atoms with Gasteiger partial charge in [0.1, 0.15) is 11.4 Å². The van der Waals surface area contributed by atoms with Crippen molar-refractivity contribution in [3.8, 4) is 5.88 Å². The lowest BCUT2D eigenvalue weighted by Gasteiger charge is -2.15. The van der Waals surface area contributed by atoms with Crippen molar-refractivity contribution >= 4 is 50.0 Å². The van der Waals surface area contributed by atoms with Gasteiger partial charge in [0.15, 0.2) is 5.88 Å². The van der Waals surface area contributed by atoms with Crippen molar-refractivity contribution in [3.63, 3.8) is 0 Å². The predicted molar refractivity (Wildman–Crippen MR) is 116 cm³/mol. The van der Waals surface area contributed by atoms with Crippen molar-refractivity contribution in [2.75, 3.05) is 13.1 Å². The molecular formula is C21H19BrN4O3. The number of amides is 1. The van der Waals surface area contributed by atoms with E-state index in [1.165, 1.54) is 4.90 Å². The first kappa shape index (κ1) is 19.2. The molecule has 7 nitrogen and oxygen atoms in total. The monoisotopic (exact) mass is 454 g/mol. The van der Waals surface area contributed by atoms with E-state index >= 15 is 0 Å². The Labute approximate surface area is 175 Å². The highest BCUT2D eigenvalue weighted by atomic mass is 79.9. The molecule has 4 rings (SSSR count). The summed E-state index contributed by atoms with van der Waals surface area (Å²) in [5, 5.41) is 15.6. The van der Waals surface area contributed by atoms with Crippen LogP contribution in [0.2, 0.25) is 0 Å². The van der Waals surface area contributed by atoms with Gasteiger partial charge < -0.3 is 15.0 Å². The number of fused-ring (bicyclic) bond motifs is 2. The van der Waals surface area contributed by atoms with E-state index in [0.717, 1.165) is 20.9 Å². The van der Waals surface area contributed by atoms with Crippen LogP contribution in [0.5, 0.6) is 5.88 Å². The number of hydrogen-bond donors (Lipinski definition) is 2. The van der Waals surface area contributed by atoms with Gasteiger partial charge >= 0.3 is 6.09 Å². The van der Waals surface area contributed by atoms with Crippen molar-refractivity contribution in [1.82, 2.24) is 9.88 Å². The van der Waals surface area contributed by atoms with Crippen LogP contribution in [-0.4, -0.2) is 45.6 Å². The Morgan fingerprint density at radius 3 is 2.72 bits per heavy atom. The molecule has 0 unspecified atom stereocenters. The standard InChI is InChI=1S/C21H19BrN4O3/c1-3-26(4-2)21(28)29-25-18-12-8-5-6-11-15(12)23-19(18)16-13-9-7-10-14(22)17(13)24-20(16)27/h5-11,24,27H,3-4H2,1-2H3/b25-18+. The molecule has 0 saturated carbocycles. The van der Waals surface area contributed by atoms with E-state index in [2.05, 4.69) is 31.1 Å². The zero-order valence-corrected chi connectivity index (χ0v) is 17.5. The van der Waals surface area contributed by atoms with E-state index in [-0.39, 0.29) is 5.88 Å². The SMILES string of the molecule is CCN(CC)C(=O)O/N=C1/C(c2c(O)[nH]c3c(Br)cccc23)=Nc2ccccc21. The summed E-state index contributed by atoms with van der Waals surface area (Å²) in [6, 6.07) is 13.1. The summed E-state index contributed by atoms with van der Waals surface area (Å²) in [5.74, 6) is -0.0266. The van der Waals surface area contributed by atoms with E-state index in [1.54, 1.807) is 0 Å². The van der Waals surface area contributed by atoms with Crippen molar-refractivity contribution in [2.45, 2.75) is 13.8 Å². The molecule has 0 aliphatic carbocycles. The number of nitrogens with zero attached hydrogens (tertiary/aromatic N) is 3. The molecule has 2 heterocycles. The number of rotatable bonds is 4.